The number of imide groups is 1. The van der Waals surface area contributed by atoms with Crippen LogP contribution in [0.3, 0.4) is 0 Å². The summed E-state index contributed by atoms with van der Waals surface area (Å²) in [7, 11) is 0. The number of thioether (sulfide) groups is 1. The number of aliphatic imine (C=N–C) groups is 1. The SMILES string of the molecule is Cc1ncc(CO)c(C=NCCN2C(=O)S/C(=C\c3ccc(F)cc3)C2=O)c1O. The van der Waals surface area contributed by atoms with Crippen LogP contribution in [0.2, 0.25) is 0 Å². The Morgan fingerprint density at radius 2 is 2.00 bits per heavy atom. The average Bonchev–Trinajstić information content (AvgIpc) is 2.97. The molecule has 150 valence electrons. The standard InChI is InChI=1S/C20H18FN3O4S/c1-12-18(26)16(14(11-25)9-23-12)10-22-6-7-24-19(27)17(29-20(24)28)8-13-2-4-15(21)5-3-13/h2-5,8-10,25-26H,6-7,11H2,1H3/b17-8-,22-10?. The fourth-order valence-corrected chi connectivity index (χ4v) is 3.50. The van der Waals surface area contributed by atoms with Crippen LogP contribution in [-0.2, 0) is 11.4 Å². The first kappa shape index (κ1) is 20.7. The lowest BCUT2D eigenvalue weighted by atomic mass is 10.1. The summed E-state index contributed by atoms with van der Waals surface area (Å²) in [6, 6.07) is 5.61. The van der Waals surface area contributed by atoms with Gasteiger partial charge in [-0.15, -0.1) is 0 Å². The summed E-state index contributed by atoms with van der Waals surface area (Å²) in [6.07, 6.45) is 4.38. The predicted octanol–water partition coefficient (Wildman–Crippen LogP) is 2.88. The Balaban J connectivity index is 1.66. The molecule has 2 aromatic rings. The Labute approximate surface area is 170 Å². The Morgan fingerprint density at radius 3 is 2.69 bits per heavy atom. The van der Waals surface area contributed by atoms with Gasteiger partial charge in [0.2, 0.25) is 0 Å². The second-order valence-electron chi connectivity index (χ2n) is 6.21. The molecule has 3 rings (SSSR count). The van der Waals surface area contributed by atoms with Gasteiger partial charge >= 0.3 is 0 Å². The number of carbonyl (C=O) groups excluding carboxylic acids is 2. The van der Waals surface area contributed by atoms with Crippen LogP contribution in [0.5, 0.6) is 5.75 Å². The summed E-state index contributed by atoms with van der Waals surface area (Å²) >= 11 is 0.817. The summed E-state index contributed by atoms with van der Waals surface area (Å²) < 4.78 is 13.0. The molecule has 1 aromatic carbocycles. The third-order valence-corrected chi connectivity index (χ3v) is 5.15. The molecule has 9 heteroatoms. The highest BCUT2D eigenvalue weighted by atomic mass is 32.2. The molecule has 0 atom stereocenters. The van der Waals surface area contributed by atoms with E-state index in [0.717, 1.165) is 16.7 Å². The van der Waals surface area contributed by atoms with Gasteiger partial charge in [0.1, 0.15) is 11.6 Å². The fourth-order valence-electron chi connectivity index (χ4n) is 2.64. The number of aromatic hydroxyl groups is 1. The summed E-state index contributed by atoms with van der Waals surface area (Å²) in [5.74, 6) is -0.889. The van der Waals surface area contributed by atoms with Gasteiger partial charge < -0.3 is 10.2 Å². The Kier molecular flexibility index (Phi) is 6.40. The van der Waals surface area contributed by atoms with Gasteiger partial charge in [-0.1, -0.05) is 12.1 Å². The zero-order valence-electron chi connectivity index (χ0n) is 15.5. The number of aliphatic hydroxyl groups excluding tert-OH is 1. The molecular weight excluding hydrogens is 397 g/mol. The van der Waals surface area contributed by atoms with Crippen molar-refractivity contribution in [1.82, 2.24) is 9.88 Å². The molecule has 0 saturated carbocycles. The number of hydrogen-bond donors (Lipinski definition) is 2. The molecule has 0 spiro atoms. The average molecular weight is 415 g/mol. The third kappa shape index (κ3) is 4.69. The van der Waals surface area contributed by atoms with Gasteiger partial charge in [0.25, 0.3) is 11.1 Å². The van der Waals surface area contributed by atoms with E-state index in [9.17, 15) is 24.2 Å². The smallest absolute Gasteiger partial charge is 0.293 e. The largest absolute Gasteiger partial charge is 0.505 e. The quantitative estimate of drug-likeness (QED) is 0.556. The fraction of sp³-hybridized carbons (Fsp3) is 0.200. The maximum Gasteiger partial charge on any atom is 0.293 e. The monoisotopic (exact) mass is 415 g/mol. The molecule has 1 aliphatic heterocycles. The van der Waals surface area contributed by atoms with Crippen molar-refractivity contribution in [3.05, 3.63) is 63.6 Å². The molecular formula is C20H18FN3O4S. The van der Waals surface area contributed by atoms with Gasteiger partial charge in [-0.2, -0.15) is 0 Å². The number of nitrogens with zero attached hydrogens (tertiary/aromatic N) is 3. The second-order valence-corrected chi connectivity index (χ2v) is 7.20. The minimum absolute atomic E-state index is 0.0706. The van der Waals surface area contributed by atoms with Gasteiger partial charge in [0, 0.05) is 30.1 Å². The maximum absolute atomic E-state index is 13.0. The lowest BCUT2D eigenvalue weighted by molar-refractivity contribution is -0.122. The van der Waals surface area contributed by atoms with E-state index < -0.39 is 11.1 Å². The van der Waals surface area contributed by atoms with Crippen molar-refractivity contribution in [2.45, 2.75) is 13.5 Å². The maximum atomic E-state index is 13.0. The van der Waals surface area contributed by atoms with Crippen LogP contribution < -0.4 is 0 Å². The number of amides is 2. The number of halogens is 1. The van der Waals surface area contributed by atoms with E-state index in [1.54, 1.807) is 13.0 Å². The molecule has 1 saturated heterocycles. The van der Waals surface area contributed by atoms with Gasteiger partial charge in [-0.05, 0) is 42.5 Å². The van der Waals surface area contributed by atoms with Crippen LogP contribution in [0.4, 0.5) is 9.18 Å². The summed E-state index contributed by atoms with van der Waals surface area (Å²) in [5.41, 5.74) is 1.80. The zero-order valence-corrected chi connectivity index (χ0v) is 16.3. The van der Waals surface area contributed by atoms with Crippen LogP contribution in [0, 0.1) is 12.7 Å². The Hall–Kier alpha value is -3.04. The molecule has 0 unspecified atom stereocenters. The molecule has 1 fully saturated rings. The Bertz CT molecular complexity index is 1010. The van der Waals surface area contributed by atoms with E-state index in [1.807, 2.05) is 0 Å². The van der Waals surface area contributed by atoms with Crippen LogP contribution in [0.1, 0.15) is 22.4 Å². The number of pyridine rings is 1. The molecule has 0 bridgehead atoms. The number of aliphatic hydroxyl groups is 1. The summed E-state index contributed by atoms with van der Waals surface area (Å²) in [4.78, 5) is 34.1. The molecule has 29 heavy (non-hydrogen) atoms. The topological polar surface area (TPSA) is 103 Å². The van der Waals surface area contributed by atoms with E-state index in [2.05, 4.69) is 9.98 Å². The van der Waals surface area contributed by atoms with E-state index >= 15 is 0 Å². The molecule has 2 amide bonds. The normalized spacial score (nSPS) is 15.8. The minimum Gasteiger partial charge on any atom is -0.505 e. The molecule has 1 aromatic heterocycles. The predicted molar refractivity (Wildman–Crippen MR) is 108 cm³/mol. The highest BCUT2D eigenvalue weighted by Crippen LogP contribution is 2.32. The molecule has 0 aliphatic carbocycles. The van der Waals surface area contributed by atoms with Crippen molar-refractivity contribution in [3.8, 4) is 5.75 Å². The molecule has 1 aliphatic rings. The highest BCUT2D eigenvalue weighted by molar-refractivity contribution is 8.18. The van der Waals surface area contributed by atoms with E-state index in [4.69, 9.17) is 0 Å². The minimum atomic E-state index is -0.432. The summed E-state index contributed by atoms with van der Waals surface area (Å²) in [6.45, 7) is 1.52. The molecule has 7 nitrogen and oxygen atoms in total. The van der Waals surface area contributed by atoms with Crippen LogP contribution in [0.25, 0.3) is 6.08 Å². The van der Waals surface area contributed by atoms with Gasteiger partial charge in [0.05, 0.1) is 23.8 Å². The Morgan fingerprint density at radius 1 is 1.28 bits per heavy atom. The van der Waals surface area contributed by atoms with Crippen LogP contribution in [0.15, 0.2) is 40.4 Å². The van der Waals surface area contributed by atoms with E-state index in [1.165, 1.54) is 36.7 Å². The van der Waals surface area contributed by atoms with E-state index in [-0.39, 0.29) is 36.2 Å². The number of carbonyl (C=O) groups is 2. The number of aryl methyl sites for hydroxylation is 1. The summed E-state index contributed by atoms with van der Waals surface area (Å²) in [5, 5.41) is 19.0. The molecule has 2 heterocycles. The van der Waals surface area contributed by atoms with Gasteiger partial charge in [-0.3, -0.25) is 24.5 Å². The first-order valence-electron chi connectivity index (χ1n) is 8.69. The van der Waals surface area contributed by atoms with Crippen molar-refractivity contribution in [1.29, 1.82) is 0 Å². The lowest BCUT2D eigenvalue weighted by Gasteiger charge is -2.10. The first-order chi connectivity index (χ1) is 13.9. The molecule has 2 N–H and O–H groups in total. The second kappa shape index (κ2) is 8.97. The van der Waals surface area contributed by atoms with E-state index in [0.29, 0.717) is 22.4 Å². The third-order valence-electron chi connectivity index (χ3n) is 4.24. The van der Waals surface area contributed by atoms with Crippen LogP contribution >= 0.6 is 11.8 Å². The highest BCUT2D eigenvalue weighted by Gasteiger charge is 2.34. The van der Waals surface area contributed by atoms with Crippen molar-refractivity contribution in [2.75, 3.05) is 13.1 Å². The van der Waals surface area contributed by atoms with Crippen molar-refractivity contribution in [3.63, 3.8) is 0 Å². The number of rotatable bonds is 6. The lowest BCUT2D eigenvalue weighted by Crippen LogP contribution is -2.30. The number of aromatic nitrogens is 1. The van der Waals surface area contributed by atoms with Crippen LogP contribution in [-0.4, -0.2) is 50.5 Å². The first-order valence-corrected chi connectivity index (χ1v) is 9.51. The molecule has 0 radical (unpaired) electrons. The van der Waals surface area contributed by atoms with Gasteiger partial charge in [0.15, 0.2) is 0 Å². The van der Waals surface area contributed by atoms with Crippen molar-refractivity contribution in [2.24, 2.45) is 4.99 Å². The van der Waals surface area contributed by atoms with Crippen molar-refractivity contribution < 1.29 is 24.2 Å². The zero-order chi connectivity index (χ0) is 21.0. The number of hydrogen-bond acceptors (Lipinski definition) is 7. The number of benzene rings is 1. The van der Waals surface area contributed by atoms with Gasteiger partial charge in [-0.25, -0.2) is 4.39 Å². The van der Waals surface area contributed by atoms with Crippen molar-refractivity contribution >= 4 is 35.2 Å².